The average molecular weight is 565 g/mol. The SMILES string of the molecule is Cc1ccc(-c2cn3c(CCN(CCN4CCOCC4)C(=O)C(c4ccccc4)c4ccccc4)csc3n2)cc1. The summed E-state index contributed by atoms with van der Waals surface area (Å²) in [5.74, 6) is -0.195. The van der Waals surface area contributed by atoms with Crippen molar-refractivity contribution in [3.8, 4) is 11.3 Å². The molecule has 2 aromatic heterocycles. The van der Waals surface area contributed by atoms with Crippen LogP contribution in [0.25, 0.3) is 16.2 Å². The fraction of sp³-hybridized carbons (Fsp3) is 0.294. The fourth-order valence-electron chi connectivity index (χ4n) is 5.49. The number of thiazole rings is 1. The molecule has 1 aliphatic rings. The minimum Gasteiger partial charge on any atom is -0.379 e. The number of morpholine rings is 1. The van der Waals surface area contributed by atoms with Crippen molar-refractivity contribution in [1.82, 2.24) is 19.2 Å². The third kappa shape index (κ3) is 6.43. The summed E-state index contributed by atoms with van der Waals surface area (Å²) < 4.78 is 7.75. The molecule has 0 unspecified atom stereocenters. The van der Waals surface area contributed by atoms with Gasteiger partial charge in [-0.2, -0.15) is 0 Å². The predicted octanol–water partition coefficient (Wildman–Crippen LogP) is 5.91. The number of ether oxygens (including phenoxy) is 1. The molecule has 1 amide bonds. The number of fused-ring (bicyclic) bond motifs is 1. The number of hydrogen-bond donors (Lipinski definition) is 0. The second-order valence-corrected chi connectivity index (χ2v) is 11.5. The molecule has 0 spiro atoms. The van der Waals surface area contributed by atoms with Crippen LogP contribution in [0.3, 0.4) is 0 Å². The second kappa shape index (κ2) is 12.8. The molecule has 0 aliphatic carbocycles. The van der Waals surface area contributed by atoms with Gasteiger partial charge in [0.2, 0.25) is 5.91 Å². The van der Waals surface area contributed by atoms with Crippen LogP contribution >= 0.6 is 11.3 Å². The summed E-state index contributed by atoms with van der Waals surface area (Å²) in [5.41, 5.74) is 6.56. The topological polar surface area (TPSA) is 50.1 Å². The summed E-state index contributed by atoms with van der Waals surface area (Å²) >= 11 is 1.66. The molecule has 41 heavy (non-hydrogen) atoms. The Bertz CT molecular complexity index is 1520. The zero-order valence-electron chi connectivity index (χ0n) is 23.5. The van der Waals surface area contributed by atoms with Crippen LogP contribution < -0.4 is 0 Å². The molecule has 0 radical (unpaired) electrons. The third-order valence-electron chi connectivity index (χ3n) is 7.88. The molecule has 210 valence electrons. The van der Waals surface area contributed by atoms with E-state index in [1.807, 2.05) is 36.4 Å². The van der Waals surface area contributed by atoms with Gasteiger partial charge in [0.05, 0.1) is 24.8 Å². The predicted molar refractivity (Wildman–Crippen MR) is 166 cm³/mol. The zero-order chi connectivity index (χ0) is 28.0. The molecule has 1 aliphatic heterocycles. The Balaban J connectivity index is 1.26. The summed E-state index contributed by atoms with van der Waals surface area (Å²) in [6, 6.07) is 28.8. The van der Waals surface area contributed by atoms with Gasteiger partial charge in [0, 0.05) is 62.0 Å². The molecule has 3 aromatic carbocycles. The number of hydrogen-bond acceptors (Lipinski definition) is 5. The van der Waals surface area contributed by atoms with E-state index >= 15 is 0 Å². The zero-order valence-corrected chi connectivity index (χ0v) is 24.3. The first kappa shape index (κ1) is 27.4. The van der Waals surface area contributed by atoms with E-state index in [0.29, 0.717) is 13.1 Å². The summed E-state index contributed by atoms with van der Waals surface area (Å²) in [6.07, 6.45) is 2.89. The van der Waals surface area contributed by atoms with Crippen molar-refractivity contribution >= 4 is 22.2 Å². The van der Waals surface area contributed by atoms with Gasteiger partial charge in [-0.3, -0.25) is 14.1 Å². The Kier molecular flexibility index (Phi) is 8.56. The first-order chi connectivity index (χ1) is 20.2. The van der Waals surface area contributed by atoms with E-state index < -0.39 is 0 Å². The van der Waals surface area contributed by atoms with Gasteiger partial charge in [-0.1, -0.05) is 90.5 Å². The number of carbonyl (C=O) groups excluding carboxylic acids is 1. The van der Waals surface area contributed by atoms with Crippen LogP contribution in [-0.2, 0) is 16.0 Å². The largest absolute Gasteiger partial charge is 0.379 e. The number of carbonyl (C=O) groups is 1. The van der Waals surface area contributed by atoms with Crippen molar-refractivity contribution in [3.63, 3.8) is 0 Å². The van der Waals surface area contributed by atoms with Crippen molar-refractivity contribution in [2.45, 2.75) is 19.3 Å². The number of aromatic nitrogens is 2. The van der Waals surface area contributed by atoms with Crippen LogP contribution in [0.1, 0.15) is 28.3 Å². The van der Waals surface area contributed by atoms with Crippen LogP contribution in [0.5, 0.6) is 0 Å². The van der Waals surface area contributed by atoms with Crippen LogP contribution in [0.2, 0.25) is 0 Å². The van der Waals surface area contributed by atoms with E-state index in [1.165, 1.54) is 11.3 Å². The molecule has 1 fully saturated rings. The fourth-order valence-corrected chi connectivity index (χ4v) is 6.40. The standard InChI is InChI=1S/C34H36N4O2S/c1-26-12-14-27(15-13-26)31-24-38-30(25-41-34(38)35-31)16-17-37(19-18-36-20-22-40-23-21-36)33(39)32(28-8-4-2-5-9-28)29-10-6-3-7-11-29/h2-15,24-25,32H,16-23H2,1H3. The van der Waals surface area contributed by atoms with Crippen LogP contribution in [-0.4, -0.2) is 71.0 Å². The highest BCUT2D eigenvalue weighted by molar-refractivity contribution is 7.15. The Labute approximate surface area is 245 Å². The van der Waals surface area contributed by atoms with Gasteiger partial charge in [0.1, 0.15) is 0 Å². The van der Waals surface area contributed by atoms with E-state index in [0.717, 1.165) is 66.6 Å². The average Bonchev–Trinajstić information content (AvgIpc) is 3.61. The number of rotatable bonds is 10. The highest BCUT2D eigenvalue weighted by Crippen LogP contribution is 2.28. The van der Waals surface area contributed by atoms with Gasteiger partial charge in [0.15, 0.2) is 4.96 Å². The van der Waals surface area contributed by atoms with Gasteiger partial charge < -0.3 is 9.64 Å². The Morgan fingerprint density at radius 1 is 0.927 bits per heavy atom. The van der Waals surface area contributed by atoms with E-state index in [1.54, 1.807) is 11.3 Å². The lowest BCUT2D eigenvalue weighted by atomic mass is 9.90. The molecule has 0 N–H and O–H groups in total. The molecule has 0 saturated carbocycles. The van der Waals surface area contributed by atoms with Gasteiger partial charge in [-0.05, 0) is 18.1 Å². The third-order valence-corrected chi connectivity index (χ3v) is 8.77. The molecule has 7 heteroatoms. The number of benzene rings is 3. The smallest absolute Gasteiger partial charge is 0.234 e. The molecule has 3 heterocycles. The van der Waals surface area contributed by atoms with Gasteiger partial charge in [-0.25, -0.2) is 4.98 Å². The Hall–Kier alpha value is -3.78. The molecule has 1 saturated heterocycles. The maximum Gasteiger partial charge on any atom is 0.234 e. The summed E-state index contributed by atoms with van der Waals surface area (Å²) in [6.45, 7) is 7.58. The maximum absolute atomic E-state index is 14.4. The van der Waals surface area contributed by atoms with Gasteiger partial charge in [-0.15, -0.1) is 11.3 Å². The molecule has 0 bridgehead atoms. The Morgan fingerprint density at radius 3 is 2.24 bits per heavy atom. The lowest BCUT2D eigenvalue weighted by Gasteiger charge is -2.32. The van der Waals surface area contributed by atoms with Gasteiger partial charge >= 0.3 is 0 Å². The lowest BCUT2D eigenvalue weighted by Crippen LogP contribution is -2.45. The van der Waals surface area contributed by atoms with E-state index in [-0.39, 0.29) is 11.8 Å². The van der Waals surface area contributed by atoms with Crippen molar-refractivity contribution < 1.29 is 9.53 Å². The summed E-state index contributed by atoms with van der Waals surface area (Å²) in [5, 5.41) is 2.18. The lowest BCUT2D eigenvalue weighted by molar-refractivity contribution is -0.132. The number of nitrogens with zero attached hydrogens (tertiary/aromatic N) is 4. The normalized spacial score (nSPS) is 14.1. The molecule has 6 nitrogen and oxygen atoms in total. The first-order valence-corrected chi connectivity index (χ1v) is 15.2. The monoisotopic (exact) mass is 564 g/mol. The van der Waals surface area contributed by atoms with Gasteiger partial charge in [0.25, 0.3) is 0 Å². The van der Waals surface area contributed by atoms with Crippen molar-refractivity contribution in [1.29, 1.82) is 0 Å². The van der Waals surface area contributed by atoms with Crippen molar-refractivity contribution in [3.05, 3.63) is 119 Å². The number of aryl methyl sites for hydroxylation is 1. The van der Waals surface area contributed by atoms with Crippen molar-refractivity contribution in [2.75, 3.05) is 45.9 Å². The van der Waals surface area contributed by atoms with E-state index in [9.17, 15) is 4.79 Å². The second-order valence-electron chi connectivity index (χ2n) is 10.7. The Morgan fingerprint density at radius 2 is 1.59 bits per heavy atom. The van der Waals surface area contributed by atoms with Crippen molar-refractivity contribution in [2.24, 2.45) is 0 Å². The highest BCUT2D eigenvalue weighted by Gasteiger charge is 2.28. The minimum atomic E-state index is -0.342. The molecule has 5 aromatic rings. The molecule has 0 atom stereocenters. The molecule has 6 rings (SSSR count). The van der Waals surface area contributed by atoms with E-state index in [4.69, 9.17) is 9.72 Å². The number of imidazole rings is 1. The minimum absolute atomic E-state index is 0.146. The van der Waals surface area contributed by atoms with Crippen LogP contribution in [0, 0.1) is 6.92 Å². The molecular weight excluding hydrogens is 528 g/mol. The first-order valence-electron chi connectivity index (χ1n) is 14.4. The van der Waals surface area contributed by atoms with Crippen LogP contribution in [0.4, 0.5) is 0 Å². The molecular formula is C34H36N4O2S. The van der Waals surface area contributed by atoms with Crippen LogP contribution in [0.15, 0.2) is 96.5 Å². The maximum atomic E-state index is 14.4. The number of amides is 1. The summed E-state index contributed by atoms with van der Waals surface area (Å²) in [7, 11) is 0. The summed E-state index contributed by atoms with van der Waals surface area (Å²) in [4.78, 5) is 24.8. The van der Waals surface area contributed by atoms with E-state index in [2.05, 4.69) is 81.2 Å². The highest BCUT2D eigenvalue weighted by atomic mass is 32.1. The quantitative estimate of drug-likeness (QED) is 0.212.